The van der Waals surface area contributed by atoms with Crippen molar-refractivity contribution in [3.8, 4) is 11.5 Å². The number of rotatable bonds is 7. The van der Waals surface area contributed by atoms with Gasteiger partial charge in [0.15, 0.2) is 0 Å². The fourth-order valence-corrected chi connectivity index (χ4v) is 2.16. The summed E-state index contributed by atoms with van der Waals surface area (Å²) in [7, 11) is -1.03. The summed E-state index contributed by atoms with van der Waals surface area (Å²) in [5, 5.41) is 1.56. The van der Waals surface area contributed by atoms with E-state index in [9.17, 15) is 0 Å². The van der Waals surface area contributed by atoms with Crippen LogP contribution in [0.2, 0.25) is 20.1 Å². The third-order valence-electron chi connectivity index (χ3n) is 2.62. The Labute approximate surface area is 154 Å². The van der Waals surface area contributed by atoms with E-state index >= 15 is 0 Å². The predicted molar refractivity (Wildman–Crippen MR) is 94.9 cm³/mol. The average molecular weight is 395 g/mol. The van der Waals surface area contributed by atoms with Crippen LogP contribution < -0.4 is 15.0 Å². The lowest BCUT2D eigenvalue weighted by molar-refractivity contribution is 0.207. The van der Waals surface area contributed by atoms with Crippen LogP contribution in [0.3, 0.4) is 0 Å². The van der Waals surface area contributed by atoms with Gasteiger partial charge in [-0.1, -0.05) is 46.4 Å². The number of hydrogen-bond donors (Lipinski definition) is 1. The highest BCUT2D eigenvalue weighted by molar-refractivity contribution is 6.43. The van der Waals surface area contributed by atoms with E-state index in [0.29, 0.717) is 38.1 Å². The maximum Gasteiger partial charge on any atom is 0.788 e. The Bertz CT molecular complexity index is 621. The molecule has 0 fully saturated rings. The first-order valence-electron chi connectivity index (χ1n) is 6.54. The third-order valence-corrected chi connectivity index (χ3v) is 4.10. The molecule has 0 saturated heterocycles. The van der Waals surface area contributed by atoms with Crippen LogP contribution in [-0.2, 0) is 4.65 Å². The van der Waals surface area contributed by atoms with Gasteiger partial charge < -0.3 is 19.7 Å². The smallest absolute Gasteiger partial charge is 0.501 e. The van der Waals surface area contributed by atoms with Gasteiger partial charge in [-0.15, -0.1) is 0 Å². The molecule has 23 heavy (non-hydrogen) atoms. The molecule has 2 rings (SSSR count). The van der Waals surface area contributed by atoms with E-state index in [4.69, 9.17) is 66.1 Å². The van der Waals surface area contributed by atoms with Gasteiger partial charge in [0, 0.05) is 13.2 Å². The summed E-state index contributed by atoms with van der Waals surface area (Å²) >= 11 is 23.6. The Hall–Kier alpha value is -0.815. The van der Waals surface area contributed by atoms with Crippen LogP contribution in [0.1, 0.15) is 0 Å². The van der Waals surface area contributed by atoms with Gasteiger partial charge >= 0.3 is 7.32 Å². The minimum absolute atomic E-state index is 0.243. The first-order valence-corrected chi connectivity index (χ1v) is 8.06. The Kier molecular flexibility index (Phi) is 7.15. The van der Waals surface area contributed by atoms with Crippen LogP contribution in [-0.4, -0.2) is 20.5 Å². The second kappa shape index (κ2) is 8.88. The van der Waals surface area contributed by atoms with Gasteiger partial charge in [0.1, 0.15) is 11.5 Å². The van der Waals surface area contributed by atoms with E-state index in [1.54, 1.807) is 36.4 Å². The molecule has 2 aromatic rings. The quantitative estimate of drug-likeness (QED) is 0.690. The number of halogens is 4. The average Bonchev–Trinajstić information content (AvgIpc) is 2.52. The van der Waals surface area contributed by atoms with Crippen LogP contribution in [0.5, 0.6) is 11.5 Å². The Morgan fingerprint density at radius 2 is 1.26 bits per heavy atom. The van der Waals surface area contributed by atoms with Crippen LogP contribution in [0.15, 0.2) is 36.4 Å². The van der Waals surface area contributed by atoms with Crippen LogP contribution in [0, 0.1) is 0 Å². The Morgan fingerprint density at radius 1 is 0.783 bits per heavy atom. The van der Waals surface area contributed by atoms with Crippen molar-refractivity contribution in [3.63, 3.8) is 0 Å². The van der Waals surface area contributed by atoms with E-state index in [-0.39, 0.29) is 6.61 Å². The van der Waals surface area contributed by atoms with Crippen LogP contribution in [0.4, 0.5) is 0 Å². The van der Waals surface area contributed by atoms with E-state index < -0.39 is 7.32 Å². The molecular formula is C14H12BCl4NO3. The third kappa shape index (κ3) is 5.64. The largest absolute Gasteiger partial charge is 0.788 e. The SMILES string of the molecule is NCCOB(Oc1ccc(Cl)c(Cl)c1)Oc1ccc(Cl)c(Cl)c1. The monoisotopic (exact) mass is 393 g/mol. The zero-order valence-electron chi connectivity index (χ0n) is 11.8. The lowest BCUT2D eigenvalue weighted by Crippen LogP contribution is -2.35. The lowest BCUT2D eigenvalue weighted by Gasteiger charge is -2.16. The summed E-state index contributed by atoms with van der Waals surface area (Å²) < 4.78 is 16.6. The van der Waals surface area contributed by atoms with Crippen molar-refractivity contribution in [2.24, 2.45) is 5.73 Å². The molecule has 2 aromatic carbocycles. The van der Waals surface area contributed by atoms with Gasteiger partial charge in [-0.05, 0) is 36.4 Å². The Balaban J connectivity index is 2.12. The summed E-state index contributed by atoms with van der Waals surface area (Å²) in [6, 6.07) is 9.62. The summed E-state index contributed by atoms with van der Waals surface area (Å²) in [5.41, 5.74) is 5.44. The molecule has 0 aliphatic heterocycles. The number of nitrogens with two attached hydrogens (primary N) is 1. The normalized spacial score (nSPS) is 10.5. The number of hydrogen-bond acceptors (Lipinski definition) is 4. The van der Waals surface area contributed by atoms with Crippen molar-refractivity contribution >= 4 is 53.7 Å². The van der Waals surface area contributed by atoms with Crippen molar-refractivity contribution in [3.05, 3.63) is 56.5 Å². The van der Waals surface area contributed by atoms with Crippen molar-refractivity contribution in [1.29, 1.82) is 0 Å². The Morgan fingerprint density at radius 3 is 1.65 bits per heavy atom. The molecule has 0 unspecified atom stereocenters. The van der Waals surface area contributed by atoms with Crippen LogP contribution in [0.25, 0.3) is 0 Å². The minimum atomic E-state index is -1.03. The van der Waals surface area contributed by atoms with Gasteiger partial charge in [-0.25, -0.2) is 0 Å². The molecule has 0 radical (unpaired) electrons. The van der Waals surface area contributed by atoms with Crippen molar-refractivity contribution in [2.75, 3.05) is 13.2 Å². The van der Waals surface area contributed by atoms with E-state index in [1.165, 1.54) is 0 Å². The fourth-order valence-electron chi connectivity index (χ4n) is 1.58. The zero-order valence-corrected chi connectivity index (χ0v) is 14.8. The molecular weight excluding hydrogens is 383 g/mol. The standard InChI is InChI=1S/C14H12BCl4NO3/c16-11-3-1-9(7-13(11)18)22-15(21-6-5-20)23-10-2-4-12(17)14(19)8-10/h1-4,7-8H,5-6,20H2. The number of benzene rings is 2. The van der Waals surface area contributed by atoms with E-state index in [2.05, 4.69) is 0 Å². The maximum absolute atomic E-state index is 5.95. The second-order valence-corrected chi connectivity index (χ2v) is 5.96. The highest BCUT2D eigenvalue weighted by atomic mass is 35.5. The molecule has 0 aromatic heterocycles. The maximum atomic E-state index is 5.95. The molecule has 0 aliphatic carbocycles. The predicted octanol–water partition coefficient (Wildman–Crippen LogP) is 4.72. The second-order valence-electron chi connectivity index (χ2n) is 4.34. The molecule has 0 aliphatic rings. The van der Waals surface area contributed by atoms with Gasteiger partial charge in [0.2, 0.25) is 0 Å². The molecule has 0 amide bonds. The summed E-state index contributed by atoms with van der Waals surface area (Å²) in [6.45, 7) is 0.555. The zero-order chi connectivity index (χ0) is 16.8. The van der Waals surface area contributed by atoms with Gasteiger partial charge in [0.05, 0.1) is 20.1 Å². The highest BCUT2D eigenvalue weighted by Gasteiger charge is 2.27. The topological polar surface area (TPSA) is 53.7 Å². The van der Waals surface area contributed by atoms with Crippen molar-refractivity contribution < 1.29 is 14.0 Å². The van der Waals surface area contributed by atoms with Crippen molar-refractivity contribution in [1.82, 2.24) is 0 Å². The summed E-state index contributed by atoms with van der Waals surface area (Å²) in [6.07, 6.45) is 0. The molecule has 0 saturated carbocycles. The van der Waals surface area contributed by atoms with Crippen molar-refractivity contribution in [2.45, 2.75) is 0 Å². The molecule has 0 spiro atoms. The molecule has 9 heteroatoms. The van der Waals surface area contributed by atoms with Gasteiger partial charge in [-0.2, -0.15) is 0 Å². The first-order chi connectivity index (χ1) is 11.0. The highest BCUT2D eigenvalue weighted by Crippen LogP contribution is 2.28. The lowest BCUT2D eigenvalue weighted by atomic mass is 10.2. The van der Waals surface area contributed by atoms with E-state index in [1.807, 2.05) is 0 Å². The van der Waals surface area contributed by atoms with Gasteiger partial charge in [0.25, 0.3) is 0 Å². The molecule has 0 atom stereocenters. The molecule has 122 valence electrons. The first kappa shape index (κ1) is 18.5. The van der Waals surface area contributed by atoms with E-state index in [0.717, 1.165) is 0 Å². The summed E-state index contributed by atoms with van der Waals surface area (Å²) in [5.74, 6) is 0.864. The molecule has 0 bridgehead atoms. The van der Waals surface area contributed by atoms with Gasteiger partial charge in [-0.3, -0.25) is 0 Å². The fraction of sp³-hybridized carbons (Fsp3) is 0.143. The molecule has 4 nitrogen and oxygen atoms in total. The minimum Gasteiger partial charge on any atom is -0.501 e. The summed E-state index contributed by atoms with van der Waals surface area (Å²) in [4.78, 5) is 0. The molecule has 2 N–H and O–H groups in total. The molecule has 0 heterocycles. The van der Waals surface area contributed by atoms with Crippen LogP contribution >= 0.6 is 46.4 Å².